The van der Waals surface area contributed by atoms with E-state index in [1.807, 2.05) is 19.1 Å². The summed E-state index contributed by atoms with van der Waals surface area (Å²) in [7, 11) is 0. The molecule has 0 atom stereocenters. The van der Waals surface area contributed by atoms with Crippen molar-refractivity contribution in [1.29, 1.82) is 0 Å². The molecular weight excluding hydrogens is 250 g/mol. The van der Waals surface area contributed by atoms with Gasteiger partial charge in [-0.05, 0) is 12.1 Å². The van der Waals surface area contributed by atoms with Gasteiger partial charge in [0.05, 0.1) is 13.2 Å². The van der Waals surface area contributed by atoms with Crippen LogP contribution in [0.5, 0.6) is 0 Å². The molecule has 0 spiro atoms. The lowest BCUT2D eigenvalue weighted by molar-refractivity contribution is 0.109. The predicted octanol–water partition coefficient (Wildman–Crippen LogP) is 2.67. The molecule has 1 saturated heterocycles. The van der Waals surface area contributed by atoms with Gasteiger partial charge in [-0.1, -0.05) is 30.9 Å². The molecule has 0 aromatic heterocycles. The molecule has 1 fully saturated rings. The Kier molecular flexibility index (Phi) is 12.3. The van der Waals surface area contributed by atoms with Crippen LogP contribution in [0.2, 0.25) is 0 Å². The molecule has 0 amide bonds. The molecule has 1 heterocycles. The Morgan fingerprint density at radius 1 is 1.25 bits per heavy atom. The van der Waals surface area contributed by atoms with Gasteiger partial charge in [-0.3, -0.25) is 4.79 Å². The summed E-state index contributed by atoms with van der Waals surface area (Å²) < 4.78 is 5.01. The SMILES string of the molecule is C1COCCN1.C=C.CCC#Cc1ccc(C=O)cc1. The molecule has 1 aliphatic heterocycles. The first kappa shape index (κ1) is 18.1. The van der Waals surface area contributed by atoms with Crippen LogP contribution >= 0.6 is 0 Å². The summed E-state index contributed by atoms with van der Waals surface area (Å²) in [5.41, 5.74) is 1.65. The molecular formula is C17H23NO2. The number of carbonyl (C=O) groups is 1. The summed E-state index contributed by atoms with van der Waals surface area (Å²) in [4.78, 5) is 10.3. The van der Waals surface area contributed by atoms with Crippen molar-refractivity contribution >= 4 is 6.29 Å². The Morgan fingerprint density at radius 2 is 1.85 bits per heavy atom. The van der Waals surface area contributed by atoms with Gasteiger partial charge in [-0.25, -0.2) is 0 Å². The number of morpholine rings is 1. The van der Waals surface area contributed by atoms with Crippen molar-refractivity contribution in [2.75, 3.05) is 26.3 Å². The third kappa shape index (κ3) is 9.09. The van der Waals surface area contributed by atoms with E-state index >= 15 is 0 Å². The number of carbonyl (C=O) groups excluding carboxylic acids is 1. The molecule has 1 aliphatic rings. The molecule has 0 bridgehead atoms. The van der Waals surface area contributed by atoms with Crippen LogP contribution in [0.3, 0.4) is 0 Å². The molecule has 3 nitrogen and oxygen atoms in total. The van der Waals surface area contributed by atoms with Gasteiger partial charge in [0.1, 0.15) is 6.29 Å². The number of hydrogen-bond acceptors (Lipinski definition) is 3. The molecule has 108 valence electrons. The third-order valence-electron chi connectivity index (χ3n) is 2.30. The van der Waals surface area contributed by atoms with Crippen molar-refractivity contribution in [2.24, 2.45) is 0 Å². The lowest BCUT2D eigenvalue weighted by atomic mass is 10.1. The van der Waals surface area contributed by atoms with Crippen LogP contribution in [0.15, 0.2) is 37.4 Å². The van der Waals surface area contributed by atoms with Gasteiger partial charge in [0.25, 0.3) is 0 Å². The average Bonchev–Trinajstić information content (AvgIpc) is 2.57. The van der Waals surface area contributed by atoms with Crippen LogP contribution in [0.4, 0.5) is 0 Å². The van der Waals surface area contributed by atoms with Crippen LogP contribution in [0, 0.1) is 11.8 Å². The van der Waals surface area contributed by atoms with Crippen molar-refractivity contribution in [3.63, 3.8) is 0 Å². The molecule has 1 N–H and O–H groups in total. The van der Waals surface area contributed by atoms with Gasteiger partial charge in [0, 0.05) is 30.6 Å². The summed E-state index contributed by atoms with van der Waals surface area (Å²) in [6.07, 6.45) is 1.69. The lowest BCUT2D eigenvalue weighted by Gasteiger charge is -2.10. The van der Waals surface area contributed by atoms with Crippen molar-refractivity contribution < 1.29 is 9.53 Å². The molecule has 0 saturated carbocycles. The van der Waals surface area contributed by atoms with E-state index in [0.29, 0.717) is 5.56 Å². The maximum absolute atomic E-state index is 10.3. The summed E-state index contributed by atoms with van der Waals surface area (Å²) >= 11 is 0. The monoisotopic (exact) mass is 273 g/mol. The van der Waals surface area contributed by atoms with Crippen LogP contribution < -0.4 is 5.32 Å². The fourth-order valence-electron chi connectivity index (χ4n) is 1.35. The van der Waals surface area contributed by atoms with Crippen LogP contribution in [-0.4, -0.2) is 32.6 Å². The first-order valence-corrected chi connectivity index (χ1v) is 6.69. The highest BCUT2D eigenvalue weighted by molar-refractivity contribution is 5.74. The quantitative estimate of drug-likeness (QED) is 0.486. The minimum Gasteiger partial charge on any atom is -0.379 e. The second kappa shape index (κ2) is 13.5. The highest BCUT2D eigenvalue weighted by atomic mass is 16.5. The topological polar surface area (TPSA) is 38.3 Å². The normalized spacial score (nSPS) is 12.4. The van der Waals surface area contributed by atoms with Crippen LogP contribution in [0.1, 0.15) is 29.3 Å². The minimum atomic E-state index is 0.692. The van der Waals surface area contributed by atoms with E-state index in [0.717, 1.165) is 44.6 Å². The van der Waals surface area contributed by atoms with Gasteiger partial charge < -0.3 is 10.1 Å². The van der Waals surface area contributed by atoms with E-state index in [-0.39, 0.29) is 0 Å². The highest BCUT2D eigenvalue weighted by Gasteiger charge is 1.93. The Bertz CT molecular complexity index is 399. The van der Waals surface area contributed by atoms with Crippen molar-refractivity contribution in [1.82, 2.24) is 5.32 Å². The second-order valence-electron chi connectivity index (χ2n) is 3.76. The first-order chi connectivity index (χ1) is 9.86. The molecule has 1 aromatic carbocycles. The van der Waals surface area contributed by atoms with Crippen molar-refractivity contribution in [3.8, 4) is 11.8 Å². The predicted molar refractivity (Wildman–Crippen MR) is 83.9 cm³/mol. The molecule has 0 aliphatic carbocycles. The maximum Gasteiger partial charge on any atom is 0.150 e. The van der Waals surface area contributed by atoms with Gasteiger partial charge in [-0.15, -0.1) is 13.2 Å². The standard InChI is InChI=1S/C11H10O.C4H9NO.C2H4/c1-2-3-4-10-5-7-11(9-12)8-6-10;1-3-6-4-2-5-1;1-2/h5-9H,2H2,1H3;5H,1-4H2;1-2H2. The maximum atomic E-state index is 10.3. The number of hydrogen-bond donors (Lipinski definition) is 1. The summed E-state index contributed by atoms with van der Waals surface area (Å²) in [6.45, 7) is 11.8. The molecule has 1 aromatic rings. The molecule has 2 rings (SSSR count). The smallest absolute Gasteiger partial charge is 0.150 e. The summed E-state index contributed by atoms with van der Waals surface area (Å²) in [5.74, 6) is 5.94. The fraction of sp³-hybridized carbons (Fsp3) is 0.353. The molecule has 3 heteroatoms. The molecule has 0 radical (unpaired) electrons. The molecule has 20 heavy (non-hydrogen) atoms. The van der Waals surface area contributed by atoms with Gasteiger partial charge in [0.2, 0.25) is 0 Å². The summed E-state index contributed by atoms with van der Waals surface area (Å²) in [5, 5.41) is 3.16. The first-order valence-electron chi connectivity index (χ1n) is 6.69. The van der Waals surface area contributed by atoms with Crippen LogP contribution in [-0.2, 0) is 4.74 Å². The zero-order valence-corrected chi connectivity index (χ0v) is 12.2. The fourth-order valence-corrected chi connectivity index (χ4v) is 1.35. The Hall–Kier alpha value is -1.89. The second-order valence-corrected chi connectivity index (χ2v) is 3.76. The van der Waals surface area contributed by atoms with Gasteiger partial charge in [0.15, 0.2) is 0 Å². The number of ether oxygens (including phenoxy) is 1. The Morgan fingerprint density at radius 3 is 2.20 bits per heavy atom. The number of benzene rings is 1. The number of rotatable bonds is 1. The molecule has 0 unspecified atom stereocenters. The van der Waals surface area contributed by atoms with Crippen LogP contribution in [0.25, 0.3) is 0 Å². The van der Waals surface area contributed by atoms with E-state index in [1.165, 1.54) is 0 Å². The lowest BCUT2D eigenvalue weighted by Crippen LogP contribution is -2.30. The number of nitrogens with one attached hydrogen (secondary N) is 1. The average molecular weight is 273 g/mol. The van der Waals surface area contributed by atoms with E-state index in [2.05, 4.69) is 30.3 Å². The van der Waals surface area contributed by atoms with Gasteiger partial charge >= 0.3 is 0 Å². The summed E-state index contributed by atoms with van der Waals surface area (Å²) in [6, 6.07) is 7.25. The van der Waals surface area contributed by atoms with E-state index < -0.39 is 0 Å². The van der Waals surface area contributed by atoms with E-state index in [1.54, 1.807) is 12.1 Å². The zero-order chi connectivity index (χ0) is 15.1. The minimum absolute atomic E-state index is 0.692. The zero-order valence-electron chi connectivity index (χ0n) is 12.2. The highest BCUT2D eigenvalue weighted by Crippen LogP contribution is 2.00. The Balaban J connectivity index is 0.000000377. The largest absolute Gasteiger partial charge is 0.379 e. The van der Waals surface area contributed by atoms with Crippen molar-refractivity contribution in [3.05, 3.63) is 48.6 Å². The number of aldehydes is 1. The third-order valence-corrected chi connectivity index (χ3v) is 2.30. The Labute approximate surface area is 122 Å². The van der Waals surface area contributed by atoms with Crippen molar-refractivity contribution in [2.45, 2.75) is 13.3 Å². The van der Waals surface area contributed by atoms with E-state index in [4.69, 9.17) is 4.74 Å². The van der Waals surface area contributed by atoms with Gasteiger partial charge in [-0.2, -0.15) is 0 Å². The van der Waals surface area contributed by atoms with E-state index in [9.17, 15) is 4.79 Å².